The van der Waals surface area contributed by atoms with Crippen molar-refractivity contribution in [2.75, 3.05) is 14.1 Å². The van der Waals surface area contributed by atoms with Crippen molar-refractivity contribution in [1.82, 2.24) is 4.90 Å². The summed E-state index contributed by atoms with van der Waals surface area (Å²) in [5, 5.41) is 0. The van der Waals surface area contributed by atoms with Crippen LogP contribution in [0.1, 0.15) is 11.6 Å². The van der Waals surface area contributed by atoms with Gasteiger partial charge in [-0.15, -0.1) is 0 Å². The fourth-order valence-electron chi connectivity index (χ4n) is 1.44. The molecule has 1 atom stereocenters. The number of nitrogens with zero attached hydrogens (tertiary/aromatic N) is 1. The summed E-state index contributed by atoms with van der Waals surface area (Å²) >= 11 is 0. The minimum atomic E-state index is -4.48. The van der Waals surface area contributed by atoms with Crippen LogP contribution in [0.2, 0.25) is 0 Å². The summed E-state index contributed by atoms with van der Waals surface area (Å²) in [6.07, 6.45) is -4.48. The van der Waals surface area contributed by atoms with E-state index in [1.54, 1.807) is 0 Å². The standard InChI is InChI=1S/C10H11F4N/c1-15(2)9(10(12,13)14)7-5-3-4-6-8(7)11/h3-6,9H,1-2H3. The van der Waals surface area contributed by atoms with Gasteiger partial charge in [0.1, 0.15) is 11.9 Å². The molecule has 5 heteroatoms. The lowest BCUT2D eigenvalue weighted by atomic mass is 10.1. The first-order valence-corrected chi connectivity index (χ1v) is 4.31. The molecule has 0 spiro atoms. The van der Waals surface area contributed by atoms with Crippen LogP contribution >= 0.6 is 0 Å². The minimum Gasteiger partial charge on any atom is -0.295 e. The first-order chi connectivity index (χ1) is 6.84. The zero-order chi connectivity index (χ0) is 11.6. The monoisotopic (exact) mass is 221 g/mol. The van der Waals surface area contributed by atoms with Crippen LogP contribution in [0.3, 0.4) is 0 Å². The van der Waals surface area contributed by atoms with Gasteiger partial charge < -0.3 is 0 Å². The van der Waals surface area contributed by atoms with Crippen molar-refractivity contribution in [1.29, 1.82) is 0 Å². The fourth-order valence-corrected chi connectivity index (χ4v) is 1.44. The average molecular weight is 221 g/mol. The number of hydrogen-bond donors (Lipinski definition) is 0. The van der Waals surface area contributed by atoms with E-state index < -0.39 is 18.0 Å². The first kappa shape index (κ1) is 12.0. The van der Waals surface area contributed by atoms with Gasteiger partial charge in [-0.25, -0.2) is 4.39 Å². The van der Waals surface area contributed by atoms with Crippen LogP contribution in [-0.2, 0) is 0 Å². The summed E-state index contributed by atoms with van der Waals surface area (Å²) < 4.78 is 51.1. The van der Waals surface area contributed by atoms with E-state index in [0.29, 0.717) is 0 Å². The molecule has 0 radical (unpaired) electrons. The molecule has 1 nitrogen and oxygen atoms in total. The molecule has 0 bridgehead atoms. The van der Waals surface area contributed by atoms with Gasteiger partial charge in [0.25, 0.3) is 0 Å². The third-order valence-electron chi connectivity index (χ3n) is 2.03. The highest BCUT2D eigenvalue weighted by molar-refractivity contribution is 5.22. The smallest absolute Gasteiger partial charge is 0.295 e. The van der Waals surface area contributed by atoms with Crippen molar-refractivity contribution in [3.63, 3.8) is 0 Å². The SMILES string of the molecule is CN(C)C(c1ccccc1F)C(F)(F)F. The van der Waals surface area contributed by atoms with Crippen LogP contribution in [0.5, 0.6) is 0 Å². The molecule has 1 aromatic rings. The van der Waals surface area contributed by atoms with E-state index in [1.807, 2.05) is 0 Å². The van der Waals surface area contributed by atoms with Crippen LogP contribution in [0.4, 0.5) is 17.6 Å². The Morgan fingerprint density at radius 1 is 1.13 bits per heavy atom. The van der Waals surface area contributed by atoms with Crippen LogP contribution in [0.15, 0.2) is 24.3 Å². The Kier molecular flexibility index (Phi) is 3.34. The Balaban J connectivity index is 3.17. The Morgan fingerprint density at radius 3 is 2.07 bits per heavy atom. The van der Waals surface area contributed by atoms with Gasteiger partial charge in [0.15, 0.2) is 0 Å². The second kappa shape index (κ2) is 4.18. The molecule has 0 N–H and O–H groups in total. The number of alkyl halides is 3. The molecule has 0 aliphatic rings. The predicted molar refractivity (Wildman–Crippen MR) is 48.9 cm³/mol. The molecule has 0 saturated heterocycles. The second-order valence-corrected chi connectivity index (χ2v) is 3.43. The number of benzene rings is 1. The highest BCUT2D eigenvalue weighted by Gasteiger charge is 2.43. The normalized spacial score (nSPS) is 14.3. The summed E-state index contributed by atoms with van der Waals surface area (Å²) in [7, 11) is 2.54. The summed E-state index contributed by atoms with van der Waals surface area (Å²) in [6, 6.07) is 3.02. The number of halogens is 4. The van der Waals surface area contributed by atoms with E-state index in [-0.39, 0.29) is 5.56 Å². The molecule has 84 valence electrons. The van der Waals surface area contributed by atoms with Gasteiger partial charge >= 0.3 is 6.18 Å². The molecule has 1 aromatic carbocycles. The first-order valence-electron chi connectivity index (χ1n) is 4.31. The molecule has 0 aliphatic carbocycles. The molecule has 0 heterocycles. The highest BCUT2D eigenvalue weighted by atomic mass is 19.4. The molecule has 0 amide bonds. The van der Waals surface area contributed by atoms with Crippen molar-refractivity contribution in [3.8, 4) is 0 Å². The zero-order valence-corrected chi connectivity index (χ0v) is 8.35. The highest BCUT2D eigenvalue weighted by Crippen LogP contribution is 2.37. The second-order valence-electron chi connectivity index (χ2n) is 3.43. The van der Waals surface area contributed by atoms with Gasteiger partial charge in [0.2, 0.25) is 0 Å². The molecule has 0 aliphatic heterocycles. The van der Waals surface area contributed by atoms with Crippen LogP contribution in [0, 0.1) is 5.82 Å². The van der Waals surface area contributed by atoms with Crippen molar-refractivity contribution >= 4 is 0 Å². The van der Waals surface area contributed by atoms with Gasteiger partial charge in [-0.3, -0.25) is 4.90 Å². The van der Waals surface area contributed by atoms with Gasteiger partial charge in [-0.2, -0.15) is 13.2 Å². The van der Waals surface area contributed by atoms with Crippen LogP contribution < -0.4 is 0 Å². The molecular weight excluding hydrogens is 210 g/mol. The Bertz CT molecular complexity index is 332. The molecular formula is C10H11F4N. The van der Waals surface area contributed by atoms with E-state index in [4.69, 9.17) is 0 Å². The fraction of sp³-hybridized carbons (Fsp3) is 0.400. The topological polar surface area (TPSA) is 3.24 Å². The van der Waals surface area contributed by atoms with E-state index in [0.717, 1.165) is 17.0 Å². The Hall–Kier alpha value is -1.10. The van der Waals surface area contributed by atoms with E-state index in [1.165, 1.54) is 26.2 Å². The quantitative estimate of drug-likeness (QED) is 0.694. The molecule has 0 aromatic heterocycles. The maximum absolute atomic E-state index is 13.2. The Labute approximate surface area is 85.3 Å². The summed E-state index contributed by atoms with van der Waals surface area (Å²) in [6.45, 7) is 0. The summed E-state index contributed by atoms with van der Waals surface area (Å²) in [5.74, 6) is -0.839. The average Bonchev–Trinajstić information content (AvgIpc) is 2.05. The third kappa shape index (κ3) is 2.68. The summed E-state index contributed by atoms with van der Waals surface area (Å²) in [5.41, 5.74) is -0.352. The lowest BCUT2D eigenvalue weighted by molar-refractivity contribution is -0.180. The maximum Gasteiger partial charge on any atom is 0.408 e. The number of rotatable bonds is 2. The maximum atomic E-state index is 13.2. The lowest BCUT2D eigenvalue weighted by Crippen LogP contribution is -2.33. The van der Waals surface area contributed by atoms with E-state index in [9.17, 15) is 17.6 Å². The van der Waals surface area contributed by atoms with Crippen molar-refractivity contribution in [3.05, 3.63) is 35.6 Å². The Morgan fingerprint density at radius 2 is 1.67 bits per heavy atom. The lowest BCUT2D eigenvalue weighted by Gasteiger charge is -2.27. The molecule has 1 unspecified atom stereocenters. The van der Waals surface area contributed by atoms with Crippen LogP contribution in [0.25, 0.3) is 0 Å². The van der Waals surface area contributed by atoms with Gasteiger partial charge in [0, 0.05) is 5.56 Å². The third-order valence-corrected chi connectivity index (χ3v) is 2.03. The van der Waals surface area contributed by atoms with E-state index >= 15 is 0 Å². The molecule has 1 rings (SSSR count). The summed E-state index contributed by atoms with van der Waals surface area (Å²) in [4.78, 5) is 0.943. The number of hydrogen-bond acceptors (Lipinski definition) is 1. The van der Waals surface area contributed by atoms with Gasteiger partial charge in [-0.1, -0.05) is 18.2 Å². The van der Waals surface area contributed by atoms with Crippen molar-refractivity contribution < 1.29 is 17.6 Å². The minimum absolute atomic E-state index is 0.352. The molecule has 15 heavy (non-hydrogen) atoms. The van der Waals surface area contributed by atoms with Crippen LogP contribution in [-0.4, -0.2) is 25.2 Å². The van der Waals surface area contributed by atoms with E-state index in [2.05, 4.69) is 0 Å². The molecule has 0 fully saturated rings. The zero-order valence-electron chi connectivity index (χ0n) is 8.35. The van der Waals surface area contributed by atoms with Crippen molar-refractivity contribution in [2.24, 2.45) is 0 Å². The van der Waals surface area contributed by atoms with Crippen molar-refractivity contribution in [2.45, 2.75) is 12.2 Å². The van der Waals surface area contributed by atoms with Gasteiger partial charge in [-0.05, 0) is 20.2 Å². The molecule has 0 saturated carbocycles. The van der Waals surface area contributed by atoms with Gasteiger partial charge in [0.05, 0.1) is 0 Å². The largest absolute Gasteiger partial charge is 0.408 e. The predicted octanol–water partition coefficient (Wildman–Crippen LogP) is 2.99.